The average Bonchev–Trinajstić information content (AvgIpc) is 2.77. The molecule has 0 aliphatic heterocycles. The monoisotopic (exact) mass is 325 g/mol. The van der Waals surface area contributed by atoms with E-state index in [0.29, 0.717) is 23.7 Å². The van der Waals surface area contributed by atoms with E-state index in [9.17, 15) is 13.2 Å². The summed E-state index contributed by atoms with van der Waals surface area (Å²) in [6, 6.07) is 1.54. The van der Waals surface area contributed by atoms with Crippen LogP contribution in [-0.2, 0) is 14.8 Å². The summed E-state index contributed by atoms with van der Waals surface area (Å²) in [7, 11) is -3.45. The quantitative estimate of drug-likeness (QED) is 0.453. The summed E-state index contributed by atoms with van der Waals surface area (Å²) < 4.78 is 30.9. The Labute approximate surface area is 122 Å². The van der Waals surface area contributed by atoms with Gasteiger partial charge in [-0.2, -0.15) is 0 Å². The van der Waals surface area contributed by atoms with Crippen molar-refractivity contribution >= 4 is 43.9 Å². The van der Waals surface area contributed by atoms with Gasteiger partial charge in [0.2, 0.25) is 10.0 Å². The number of thiophene rings is 1. The Morgan fingerprint density at radius 1 is 1.47 bits per heavy atom. The molecule has 0 unspecified atom stereocenters. The van der Waals surface area contributed by atoms with Crippen molar-refractivity contribution in [3.05, 3.63) is 17.0 Å². The van der Waals surface area contributed by atoms with Gasteiger partial charge in [-0.3, -0.25) is 4.72 Å². The normalized spacial score (nSPS) is 11.3. The number of carbonyl (C=O) groups excluding carboxylic acids is 1. The van der Waals surface area contributed by atoms with Gasteiger partial charge in [0.05, 0.1) is 17.9 Å². The number of hydrogen-bond acceptors (Lipinski definition) is 5. The van der Waals surface area contributed by atoms with E-state index in [0.717, 1.165) is 11.3 Å². The Morgan fingerprint density at radius 2 is 2.21 bits per heavy atom. The van der Waals surface area contributed by atoms with Crippen LogP contribution in [0.5, 0.6) is 0 Å². The Bertz CT molecular complexity index is 513. The molecule has 0 atom stereocenters. The molecule has 5 nitrogen and oxygen atoms in total. The predicted octanol–water partition coefficient (Wildman–Crippen LogP) is 2.69. The van der Waals surface area contributed by atoms with Gasteiger partial charge in [-0.05, 0) is 31.2 Å². The number of alkyl halides is 1. The Hall–Kier alpha value is -0.790. The van der Waals surface area contributed by atoms with Gasteiger partial charge in [-0.25, -0.2) is 13.2 Å². The van der Waals surface area contributed by atoms with Crippen molar-refractivity contribution in [1.29, 1.82) is 0 Å². The Kier molecular flexibility index (Phi) is 6.60. The summed E-state index contributed by atoms with van der Waals surface area (Å²) in [5.74, 6) is -0.107. The van der Waals surface area contributed by atoms with Crippen LogP contribution in [0.3, 0.4) is 0 Å². The highest BCUT2D eigenvalue weighted by Crippen LogP contribution is 2.25. The summed E-state index contributed by atoms with van der Waals surface area (Å²) in [6.07, 6.45) is 1.12. The van der Waals surface area contributed by atoms with Crippen LogP contribution in [-0.4, -0.2) is 32.6 Å². The van der Waals surface area contributed by atoms with Crippen molar-refractivity contribution in [3.63, 3.8) is 0 Å². The molecule has 0 aromatic carbocycles. The van der Waals surface area contributed by atoms with Crippen molar-refractivity contribution < 1.29 is 17.9 Å². The number of unbranched alkanes of at least 4 members (excludes halogenated alkanes) is 1. The first-order valence-corrected chi connectivity index (χ1v) is 8.88. The third-order valence-corrected chi connectivity index (χ3v) is 4.77. The first-order valence-electron chi connectivity index (χ1n) is 5.81. The van der Waals surface area contributed by atoms with Crippen LogP contribution < -0.4 is 4.72 Å². The summed E-state index contributed by atoms with van der Waals surface area (Å²) in [5, 5.41) is 1.94. The fourth-order valence-corrected chi connectivity index (χ4v) is 3.80. The summed E-state index contributed by atoms with van der Waals surface area (Å²) in [6.45, 7) is 1.94. The summed E-state index contributed by atoms with van der Waals surface area (Å²) in [4.78, 5) is 11.6. The summed E-state index contributed by atoms with van der Waals surface area (Å²) >= 11 is 6.65. The molecular weight excluding hydrogens is 310 g/mol. The topological polar surface area (TPSA) is 72.5 Å². The number of ether oxygens (including phenoxy) is 1. The molecule has 8 heteroatoms. The van der Waals surface area contributed by atoms with Crippen molar-refractivity contribution in [2.75, 3.05) is 23.0 Å². The number of hydrogen-bond donors (Lipinski definition) is 1. The zero-order chi connectivity index (χ0) is 14.3. The predicted molar refractivity (Wildman–Crippen MR) is 77.6 cm³/mol. The maximum Gasteiger partial charge on any atom is 0.341 e. The van der Waals surface area contributed by atoms with E-state index in [4.69, 9.17) is 16.3 Å². The third kappa shape index (κ3) is 5.38. The molecule has 0 amide bonds. The number of anilines is 1. The second-order valence-electron chi connectivity index (χ2n) is 3.70. The highest BCUT2D eigenvalue weighted by Gasteiger charge is 2.18. The molecule has 0 fully saturated rings. The van der Waals surface area contributed by atoms with Crippen molar-refractivity contribution in [2.24, 2.45) is 0 Å². The first-order chi connectivity index (χ1) is 9.00. The number of nitrogens with one attached hydrogen (secondary N) is 1. The highest BCUT2D eigenvalue weighted by molar-refractivity contribution is 7.92. The van der Waals surface area contributed by atoms with Crippen molar-refractivity contribution in [1.82, 2.24) is 0 Å². The van der Waals surface area contributed by atoms with Gasteiger partial charge in [0.25, 0.3) is 0 Å². The molecule has 0 aliphatic carbocycles. The molecule has 1 rings (SSSR count). The lowest BCUT2D eigenvalue weighted by Gasteiger charge is -2.07. The SMILES string of the molecule is CCOC(=O)c1ccsc1NS(=O)(=O)CCCCCl. The molecule has 1 aromatic heterocycles. The van der Waals surface area contributed by atoms with E-state index >= 15 is 0 Å². The lowest BCUT2D eigenvalue weighted by atomic mass is 10.3. The van der Waals surface area contributed by atoms with Gasteiger partial charge in [-0.1, -0.05) is 0 Å². The zero-order valence-electron chi connectivity index (χ0n) is 10.5. The first kappa shape index (κ1) is 16.3. The third-order valence-electron chi connectivity index (χ3n) is 2.21. The van der Waals surface area contributed by atoms with Gasteiger partial charge in [-0.15, -0.1) is 22.9 Å². The van der Waals surface area contributed by atoms with E-state index in [1.54, 1.807) is 18.4 Å². The van der Waals surface area contributed by atoms with Gasteiger partial charge >= 0.3 is 5.97 Å². The lowest BCUT2D eigenvalue weighted by molar-refractivity contribution is 0.0528. The van der Waals surface area contributed by atoms with Crippen LogP contribution in [0.4, 0.5) is 5.00 Å². The molecule has 108 valence electrons. The smallest absolute Gasteiger partial charge is 0.341 e. The van der Waals surface area contributed by atoms with E-state index in [-0.39, 0.29) is 17.9 Å². The molecular formula is C11H16ClNO4S2. The fourth-order valence-electron chi connectivity index (χ4n) is 1.34. The minimum Gasteiger partial charge on any atom is -0.462 e. The van der Waals surface area contributed by atoms with E-state index in [1.165, 1.54) is 0 Å². The molecule has 1 aromatic rings. The van der Waals surface area contributed by atoms with Gasteiger partial charge in [0.1, 0.15) is 5.00 Å². The molecule has 1 heterocycles. The second kappa shape index (κ2) is 7.72. The van der Waals surface area contributed by atoms with Crippen LogP contribution >= 0.6 is 22.9 Å². The lowest BCUT2D eigenvalue weighted by Crippen LogP contribution is -2.18. The van der Waals surface area contributed by atoms with Crippen LogP contribution in [0.25, 0.3) is 0 Å². The van der Waals surface area contributed by atoms with Crippen LogP contribution in [0.1, 0.15) is 30.1 Å². The minimum absolute atomic E-state index is 0.0140. The summed E-state index contributed by atoms with van der Waals surface area (Å²) in [5.41, 5.74) is 0.243. The zero-order valence-corrected chi connectivity index (χ0v) is 12.9. The molecule has 19 heavy (non-hydrogen) atoms. The highest BCUT2D eigenvalue weighted by atomic mass is 35.5. The maximum absolute atomic E-state index is 11.8. The van der Waals surface area contributed by atoms with Crippen LogP contribution in [0.2, 0.25) is 0 Å². The van der Waals surface area contributed by atoms with Gasteiger partial charge in [0.15, 0.2) is 0 Å². The van der Waals surface area contributed by atoms with E-state index < -0.39 is 16.0 Å². The van der Waals surface area contributed by atoms with E-state index in [2.05, 4.69) is 4.72 Å². The molecule has 0 bridgehead atoms. The van der Waals surface area contributed by atoms with Crippen LogP contribution in [0, 0.1) is 0 Å². The number of sulfonamides is 1. The van der Waals surface area contributed by atoms with Gasteiger partial charge < -0.3 is 4.74 Å². The number of carbonyl (C=O) groups is 1. The number of halogens is 1. The molecule has 0 saturated heterocycles. The fraction of sp³-hybridized carbons (Fsp3) is 0.545. The molecule has 0 radical (unpaired) electrons. The maximum atomic E-state index is 11.8. The molecule has 0 aliphatic rings. The average molecular weight is 326 g/mol. The van der Waals surface area contributed by atoms with E-state index in [1.807, 2.05) is 0 Å². The molecule has 0 saturated carbocycles. The molecule has 1 N–H and O–H groups in total. The standard InChI is InChI=1S/C11H16ClNO4S2/c1-2-17-11(14)9-5-7-18-10(9)13-19(15,16)8-4-3-6-12/h5,7,13H,2-4,6,8H2,1H3. The van der Waals surface area contributed by atoms with Gasteiger partial charge in [0, 0.05) is 5.88 Å². The Balaban J connectivity index is 2.72. The Morgan fingerprint density at radius 3 is 2.84 bits per heavy atom. The molecule has 0 spiro atoms. The number of rotatable bonds is 8. The largest absolute Gasteiger partial charge is 0.462 e. The number of esters is 1. The van der Waals surface area contributed by atoms with Crippen LogP contribution in [0.15, 0.2) is 11.4 Å². The minimum atomic E-state index is -3.45. The van der Waals surface area contributed by atoms with Crippen molar-refractivity contribution in [2.45, 2.75) is 19.8 Å². The second-order valence-corrected chi connectivity index (χ2v) is 6.84. The van der Waals surface area contributed by atoms with Crippen molar-refractivity contribution in [3.8, 4) is 0 Å².